The van der Waals surface area contributed by atoms with Gasteiger partial charge in [-0.2, -0.15) is 4.98 Å². The summed E-state index contributed by atoms with van der Waals surface area (Å²) in [7, 11) is 0. The van der Waals surface area contributed by atoms with E-state index in [2.05, 4.69) is 19.9 Å². The summed E-state index contributed by atoms with van der Waals surface area (Å²) in [6.07, 6.45) is 0. The van der Waals surface area contributed by atoms with Crippen LogP contribution in [0.3, 0.4) is 0 Å². The highest BCUT2D eigenvalue weighted by molar-refractivity contribution is 5.95. The van der Waals surface area contributed by atoms with Crippen LogP contribution in [0.5, 0.6) is 0 Å². The summed E-state index contributed by atoms with van der Waals surface area (Å²) >= 11 is 0. The molecule has 0 bridgehead atoms. The molecule has 3 rings (SSSR count). The lowest BCUT2D eigenvalue weighted by Gasteiger charge is -2.01. The lowest BCUT2D eigenvalue weighted by atomic mass is 10.1. The molecule has 0 aliphatic carbocycles. The monoisotopic (exact) mass is 271 g/mol. The van der Waals surface area contributed by atoms with Crippen LogP contribution in [-0.4, -0.2) is 31.0 Å². The Hall–Kier alpha value is -3.16. The van der Waals surface area contributed by atoms with Crippen molar-refractivity contribution >= 4 is 23.1 Å². The van der Waals surface area contributed by atoms with Gasteiger partial charge >= 0.3 is 5.97 Å². The van der Waals surface area contributed by atoms with E-state index in [0.29, 0.717) is 5.56 Å². The van der Waals surface area contributed by atoms with E-state index < -0.39 is 11.5 Å². The molecule has 0 atom stereocenters. The Labute approximate surface area is 111 Å². The van der Waals surface area contributed by atoms with Gasteiger partial charge in [-0.15, -0.1) is 0 Å². The number of hydrogen-bond acceptors (Lipinski definition) is 5. The van der Waals surface area contributed by atoms with Crippen molar-refractivity contribution in [2.45, 2.75) is 0 Å². The summed E-state index contributed by atoms with van der Waals surface area (Å²) in [5, 5.41) is 9.16. The number of carbonyl (C=O) groups is 1. The molecule has 1 aromatic carbocycles. The highest BCUT2D eigenvalue weighted by Gasteiger charge is 2.16. The van der Waals surface area contributed by atoms with E-state index in [-0.39, 0.29) is 28.5 Å². The predicted molar refractivity (Wildman–Crippen MR) is 71.3 cm³/mol. The summed E-state index contributed by atoms with van der Waals surface area (Å²) in [5.74, 6) is -0.879. The lowest BCUT2D eigenvalue weighted by molar-refractivity contribution is 0.0697. The van der Waals surface area contributed by atoms with E-state index in [0.717, 1.165) is 0 Å². The number of aromatic amines is 2. The van der Waals surface area contributed by atoms with Gasteiger partial charge in [-0.25, -0.2) is 9.78 Å². The quantitative estimate of drug-likeness (QED) is 0.538. The van der Waals surface area contributed by atoms with Crippen molar-refractivity contribution in [3.63, 3.8) is 0 Å². The zero-order valence-corrected chi connectivity index (χ0v) is 10.0. The van der Waals surface area contributed by atoms with E-state index in [1.807, 2.05) is 0 Å². The van der Waals surface area contributed by atoms with Crippen LogP contribution in [0, 0.1) is 0 Å². The number of nitrogen functional groups attached to an aromatic ring is 1. The molecule has 0 saturated heterocycles. The number of carboxylic acids is 1. The standard InChI is InChI=1S/C12H9N5O3/c13-12-16-9-7(10(18)17-12)14-8(15-9)5-3-1-2-4-6(5)11(19)20/h1-4H,(H,19,20)(H4,13,14,15,16,17,18). The Morgan fingerprint density at radius 3 is 2.70 bits per heavy atom. The van der Waals surface area contributed by atoms with Crippen LogP contribution in [0.25, 0.3) is 22.6 Å². The smallest absolute Gasteiger partial charge is 0.336 e. The molecule has 2 aromatic heterocycles. The fourth-order valence-electron chi connectivity index (χ4n) is 1.93. The molecule has 0 saturated carbocycles. The molecule has 20 heavy (non-hydrogen) atoms. The van der Waals surface area contributed by atoms with E-state index in [9.17, 15) is 9.59 Å². The second kappa shape index (κ2) is 4.19. The fourth-order valence-corrected chi connectivity index (χ4v) is 1.93. The number of anilines is 1. The van der Waals surface area contributed by atoms with Gasteiger partial charge in [0.15, 0.2) is 11.2 Å². The number of H-pyrrole nitrogens is 2. The minimum Gasteiger partial charge on any atom is -0.478 e. The maximum atomic E-state index is 11.7. The Bertz CT molecular complexity index is 880. The Balaban J connectivity index is 2.29. The summed E-state index contributed by atoms with van der Waals surface area (Å²) < 4.78 is 0. The van der Waals surface area contributed by atoms with Crippen molar-refractivity contribution in [1.82, 2.24) is 19.9 Å². The molecular weight excluding hydrogens is 262 g/mol. The Morgan fingerprint density at radius 2 is 1.95 bits per heavy atom. The van der Waals surface area contributed by atoms with Gasteiger partial charge in [0.05, 0.1) is 5.56 Å². The first-order valence-corrected chi connectivity index (χ1v) is 5.64. The molecule has 8 nitrogen and oxygen atoms in total. The molecule has 0 fully saturated rings. The maximum Gasteiger partial charge on any atom is 0.336 e. The van der Waals surface area contributed by atoms with Crippen LogP contribution >= 0.6 is 0 Å². The maximum absolute atomic E-state index is 11.7. The number of benzene rings is 1. The first-order chi connectivity index (χ1) is 9.56. The first-order valence-electron chi connectivity index (χ1n) is 5.64. The van der Waals surface area contributed by atoms with Gasteiger partial charge in [-0.3, -0.25) is 9.78 Å². The zero-order chi connectivity index (χ0) is 14.3. The van der Waals surface area contributed by atoms with Crippen LogP contribution in [0.1, 0.15) is 10.4 Å². The molecule has 0 aliphatic heterocycles. The number of nitrogens with two attached hydrogens (primary N) is 1. The number of carboxylic acid groups (broad SMARTS) is 1. The molecular formula is C12H9N5O3. The van der Waals surface area contributed by atoms with Gasteiger partial charge in [-0.05, 0) is 6.07 Å². The van der Waals surface area contributed by atoms with Crippen molar-refractivity contribution in [3.05, 3.63) is 40.2 Å². The van der Waals surface area contributed by atoms with Crippen LogP contribution in [0.15, 0.2) is 29.1 Å². The Kier molecular flexibility index (Phi) is 2.50. The van der Waals surface area contributed by atoms with Gasteiger partial charge in [0, 0.05) is 5.56 Å². The molecule has 0 aliphatic rings. The molecule has 0 spiro atoms. The number of hydrogen-bond donors (Lipinski definition) is 4. The van der Waals surface area contributed by atoms with Crippen LogP contribution < -0.4 is 11.3 Å². The summed E-state index contributed by atoms with van der Waals surface area (Å²) in [4.78, 5) is 36.0. The molecule has 100 valence electrons. The van der Waals surface area contributed by atoms with Gasteiger partial charge in [0.1, 0.15) is 5.82 Å². The molecule has 2 heterocycles. The second-order valence-corrected chi connectivity index (χ2v) is 4.09. The fraction of sp³-hybridized carbons (Fsp3) is 0. The second-order valence-electron chi connectivity index (χ2n) is 4.09. The molecule has 0 radical (unpaired) electrons. The minimum absolute atomic E-state index is 0.0490. The summed E-state index contributed by atoms with van der Waals surface area (Å²) in [6, 6.07) is 6.34. The number of imidazole rings is 1. The Morgan fingerprint density at radius 1 is 1.20 bits per heavy atom. The third-order valence-electron chi connectivity index (χ3n) is 2.79. The summed E-state index contributed by atoms with van der Waals surface area (Å²) in [6.45, 7) is 0. The number of aromatic carboxylic acids is 1. The predicted octanol–water partition coefficient (Wildman–Crippen LogP) is 0.594. The van der Waals surface area contributed by atoms with Crippen LogP contribution in [0.4, 0.5) is 5.95 Å². The molecule has 0 unspecified atom stereocenters. The van der Waals surface area contributed by atoms with Crippen molar-refractivity contribution in [1.29, 1.82) is 0 Å². The normalized spacial score (nSPS) is 10.8. The van der Waals surface area contributed by atoms with Crippen molar-refractivity contribution in [2.75, 3.05) is 5.73 Å². The van der Waals surface area contributed by atoms with Gasteiger partial charge in [0.2, 0.25) is 5.95 Å². The number of aromatic nitrogens is 4. The van der Waals surface area contributed by atoms with Gasteiger partial charge < -0.3 is 15.8 Å². The SMILES string of the molecule is Nc1nc2nc(-c3ccccc3C(=O)O)[nH]c2c(=O)[nH]1. The topological polar surface area (TPSA) is 138 Å². The number of nitrogens with one attached hydrogen (secondary N) is 2. The van der Waals surface area contributed by atoms with Crippen LogP contribution in [0.2, 0.25) is 0 Å². The largest absolute Gasteiger partial charge is 0.478 e. The van der Waals surface area contributed by atoms with E-state index in [4.69, 9.17) is 10.8 Å². The van der Waals surface area contributed by atoms with Crippen molar-refractivity contribution < 1.29 is 9.90 Å². The molecule has 8 heteroatoms. The number of rotatable bonds is 2. The molecule has 5 N–H and O–H groups in total. The van der Waals surface area contributed by atoms with E-state index in [1.165, 1.54) is 6.07 Å². The minimum atomic E-state index is -1.08. The van der Waals surface area contributed by atoms with Gasteiger partial charge in [-0.1, -0.05) is 18.2 Å². The number of fused-ring (bicyclic) bond motifs is 1. The summed E-state index contributed by atoms with van der Waals surface area (Å²) in [5.41, 5.74) is 5.72. The third kappa shape index (κ3) is 1.79. The highest BCUT2D eigenvalue weighted by Crippen LogP contribution is 2.22. The average molecular weight is 271 g/mol. The highest BCUT2D eigenvalue weighted by atomic mass is 16.4. The third-order valence-corrected chi connectivity index (χ3v) is 2.79. The van der Waals surface area contributed by atoms with Crippen molar-refractivity contribution in [3.8, 4) is 11.4 Å². The van der Waals surface area contributed by atoms with Crippen LogP contribution in [-0.2, 0) is 0 Å². The van der Waals surface area contributed by atoms with Gasteiger partial charge in [0.25, 0.3) is 5.56 Å². The molecule has 0 amide bonds. The van der Waals surface area contributed by atoms with E-state index in [1.54, 1.807) is 18.2 Å². The lowest BCUT2D eigenvalue weighted by Crippen LogP contribution is -2.10. The molecule has 3 aromatic rings. The first kappa shape index (κ1) is 11.9. The average Bonchev–Trinajstić information content (AvgIpc) is 2.82. The zero-order valence-electron chi connectivity index (χ0n) is 10.0. The number of nitrogens with zero attached hydrogens (tertiary/aromatic N) is 2. The van der Waals surface area contributed by atoms with Crippen molar-refractivity contribution in [2.24, 2.45) is 0 Å². The van der Waals surface area contributed by atoms with E-state index >= 15 is 0 Å².